The molecule has 92 valence electrons. The summed E-state index contributed by atoms with van der Waals surface area (Å²) in [5, 5.41) is 25.2. The van der Waals surface area contributed by atoms with Crippen LogP contribution in [0.3, 0.4) is 0 Å². The van der Waals surface area contributed by atoms with Gasteiger partial charge in [0.15, 0.2) is 0 Å². The van der Waals surface area contributed by atoms with Gasteiger partial charge in [0.25, 0.3) is 0 Å². The van der Waals surface area contributed by atoms with Gasteiger partial charge in [-0.3, -0.25) is 5.41 Å². The minimum Gasteiger partial charge on any atom is -0.480 e. The standard InChI is InChI=1S/C11H15N3O3/c1-14(9(6-15)11(16)17)8-4-2-3-7(5-8)10(12)13/h2-5,9,15H,6H2,1H3,(H3,12,13)(H,16,17)/t9-/m0/s1. The summed E-state index contributed by atoms with van der Waals surface area (Å²) >= 11 is 0. The second-order valence-corrected chi connectivity index (χ2v) is 3.61. The van der Waals surface area contributed by atoms with E-state index in [4.69, 9.17) is 21.4 Å². The molecular weight excluding hydrogens is 222 g/mol. The van der Waals surface area contributed by atoms with Gasteiger partial charge in [0.1, 0.15) is 11.9 Å². The zero-order valence-corrected chi connectivity index (χ0v) is 9.42. The number of nitrogens with one attached hydrogen (secondary N) is 1. The molecule has 0 radical (unpaired) electrons. The van der Waals surface area contributed by atoms with Crippen molar-refractivity contribution in [2.45, 2.75) is 6.04 Å². The van der Waals surface area contributed by atoms with Gasteiger partial charge >= 0.3 is 5.97 Å². The number of anilines is 1. The predicted octanol–water partition coefficient (Wildman–Crippen LogP) is -0.148. The Morgan fingerprint density at radius 2 is 2.24 bits per heavy atom. The molecule has 0 spiro atoms. The Kier molecular flexibility index (Phi) is 4.06. The first-order chi connectivity index (χ1) is 7.97. The number of aliphatic carboxylic acids is 1. The van der Waals surface area contributed by atoms with Crippen LogP contribution in [0.4, 0.5) is 5.69 Å². The van der Waals surface area contributed by atoms with Crippen molar-refractivity contribution < 1.29 is 15.0 Å². The highest BCUT2D eigenvalue weighted by Gasteiger charge is 2.22. The average Bonchev–Trinajstić information content (AvgIpc) is 2.29. The number of aliphatic hydroxyl groups is 1. The van der Waals surface area contributed by atoms with Crippen molar-refractivity contribution in [1.29, 1.82) is 5.41 Å². The number of amidine groups is 1. The Hall–Kier alpha value is -2.08. The molecule has 6 nitrogen and oxygen atoms in total. The van der Waals surface area contributed by atoms with E-state index in [1.807, 2.05) is 0 Å². The molecule has 1 aromatic carbocycles. The molecule has 0 aliphatic rings. The maximum absolute atomic E-state index is 10.9. The van der Waals surface area contributed by atoms with E-state index in [9.17, 15) is 4.79 Å². The first-order valence-corrected chi connectivity index (χ1v) is 4.98. The molecule has 0 heterocycles. The number of hydrogen-bond acceptors (Lipinski definition) is 4. The van der Waals surface area contributed by atoms with E-state index in [2.05, 4.69) is 0 Å². The molecule has 0 unspecified atom stereocenters. The molecule has 6 heteroatoms. The number of hydrogen-bond donors (Lipinski definition) is 4. The Bertz CT molecular complexity index is 434. The normalized spacial score (nSPS) is 11.9. The number of rotatable bonds is 5. The van der Waals surface area contributed by atoms with Gasteiger partial charge in [-0.15, -0.1) is 0 Å². The number of nitrogen functional groups attached to an aromatic ring is 1. The number of nitrogens with two attached hydrogens (primary N) is 1. The van der Waals surface area contributed by atoms with Crippen molar-refractivity contribution >= 4 is 17.5 Å². The van der Waals surface area contributed by atoms with Gasteiger partial charge in [-0.25, -0.2) is 4.79 Å². The van der Waals surface area contributed by atoms with Crippen LogP contribution in [0.15, 0.2) is 24.3 Å². The summed E-state index contributed by atoms with van der Waals surface area (Å²) in [4.78, 5) is 12.3. The van der Waals surface area contributed by atoms with E-state index in [0.717, 1.165) is 0 Å². The van der Waals surface area contributed by atoms with E-state index in [1.165, 1.54) is 4.90 Å². The number of carboxylic acids is 1. The van der Waals surface area contributed by atoms with Crippen LogP contribution in [0.1, 0.15) is 5.56 Å². The molecule has 17 heavy (non-hydrogen) atoms. The average molecular weight is 237 g/mol. The third kappa shape index (κ3) is 2.94. The Morgan fingerprint density at radius 1 is 1.59 bits per heavy atom. The monoisotopic (exact) mass is 237 g/mol. The van der Waals surface area contributed by atoms with Gasteiger partial charge < -0.3 is 20.8 Å². The van der Waals surface area contributed by atoms with E-state index in [1.54, 1.807) is 31.3 Å². The fourth-order valence-corrected chi connectivity index (χ4v) is 1.44. The van der Waals surface area contributed by atoms with Crippen molar-refractivity contribution in [1.82, 2.24) is 0 Å². The van der Waals surface area contributed by atoms with Crippen molar-refractivity contribution in [2.75, 3.05) is 18.6 Å². The number of benzene rings is 1. The minimum atomic E-state index is -1.11. The van der Waals surface area contributed by atoms with Gasteiger partial charge in [-0.05, 0) is 12.1 Å². The summed E-state index contributed by atoms with van der Waals surface area (Å²) in [6.45, 7) is -0.490. The summed E-state index contributed by atoms with van der Waals surface area (Å²) in [6.07, 6.45) is 0. The highest BCUT2D eigenvalue weighted by Crippen LogP contribution is 2.17. The molecule has 0 fully saturated rings. The predicted molar refractivity (Wildman–Crippen MR) is 64.4 cm³/mol. The van der Waals surface area contributed by atoms with Gasteiger partial charge in [0, 0.05) is 18.3 Å². The number of carboxylic acid groups (broad SMARTS) is 1. The number of carbonyl (C=O) groups is 1. The van der Waals surface area contributed by atoms with Gasteiger partial charge in [0.2, 0.25) is 0 Å². The lowest BCUT2D eigenvalue weighted by atomic mass is 10.1. The van der Waals surface area contributed by atoms with Crippen LogP contribution in [0.2, 0.25) is 0 Å². The lowest BCUT2D eigenvalue weighted by molar-refractivity contribution is -0.139. The summed E-state index contributed by atoms with van der Waals surface area (Å²) in [5.41, 5.74) is 6.44. The second-order valence-electron chi connectivity index (χ2n) is 3.61. The second kappa shape index (κ2) is 5.31. The van der Waals surface area contributed by atoms with Crippen LogP contribution in [0.25, 0.3) is 0 Å². The summed E-state index contributed by atoms with van der Waals surface area (Å²) in [7, 11) is 1.56. The smallest absolute Gasteiger partial charge is 0.328 e. The van der Waals surface area contributed by atoms with Crippen LogP contribution >= 0.6 is 0 Å². The number of nitrogens with zero attached hydrogens (tertiary/aromatic N) is 1. The molecule has 0 amide bonds. The molecule has 5 N–H and O–H groups in total. The van der Waals surface area contributed by atoms with E-state index in [-0.39, 0.29) is 5.84 Å². The van der Waals surface area contributed by atoms with Crippen LogP contribution in [-0.4, -0.2) is 41.7 Å². The molecule has 0 aromatic heterocycles. The molecule has 1 atom stereocenters. The van der Waals surface area contributed by atoms with Gasteiger partial charge in [-0.1, -0.05) is 12.1 Å². The third-order valence-corrected chi connectivity index (χ3v) is 2.49. The highest BCUT2D eigenvalue weighted by atomic mass is 16.4. The van der Waals surface area contributed by atoms with E-state index in [0.29, 0.717) is 11.3 Å². The van der Waals surface area contributed by atoms with Crippen LogP contribution < -0.4 is 10.6 Å². The first kappa shape index (κ1) is 13.0. The Morgan fingerprint density at radius 3 is 2.71 bits per heavy atom. The SMILES string of the molecule is CN(c1cccc(C(=N)N)c1)[C@@H](CO)C(=O)O. The molecule has 1 rings (SSSR count). The van der Waals surface area contributed by atoms with Gasteiger partial charge in [0.05, 0.1) is 6.61 Å². The topological polar surface area (TPSA) is 111 Å². The highest BCUT2D eigenvalue weighted by molar-refractivity contribution is 5.96. The molecule has 0 bridgehead atoms. The number of aliphatic hydroxyl groups excluding tert-OH is 1. The molecule has 0 aliphatic heterocycles. The minimum absolute atomic E-state index is 0.0869. The fraction of sp³-hybridized carbons (Fsp3) is 0.273. The molecule has 0 saturated carbocycles. The molecule has 0 aliphatic carbocycles. The molecular formula is C11H15N3O3. The summed E-state index contributed by atoms with van der Waals surface area (Å²) < 4.78 is 0. The fourth-order valence-electron chi connectivity index (χ4n) is 1.44. The zero-order valence-electron chi connectivity index (χ0n) is 9.42. The van der Waals surface area contributed by atoms with Crippen molar-refractivity contribution in [3.63, 3.8) is 0 Å². The molecule has 1 aromatic rings. The lowest BCUT2D eigenvalue weighted by Gasteiger charge is -2.25. The van der Waals surface area contributed by atoms with Crippen molar-refractivity contribution in [3.8, 4) is 0 Å². The van der Waals surface area contributed by atoms with E-state index < -0.39 is 18.6 Å². The van der Waals surface area contributed by atoms with Crippen LogP contribution in [-0.2, 0) is 4.79 Å². The maximum Gasteiger partial charge on any atom is 0.328 e. The number of likely N-dealkylation sites (N-methyl/N-ethyl adjacent to an activating group) is 1. The van der Waals surface area contributed by atoms with Crippen molar-refractivity contribution in [3.05, 3.63) is 29.8 Å². The van der Waals surface area contributed by atoms with Crippen LogP contribution in [0.5, 0.6) is 0 Å². The van der Waals surface area contributed by atoms with E-state index >= 15 is 0 Å². The zero-order chi connectivity index (χ0) is 13.0. The maximum atomic E-state index is 10.9. The molecule has 0 saturated heterocycles. The third-order valence-electron chi connectivity index (χ3n) is 2.49. The van der Waals surface area contributed by atoms with Crippen LogP contribution in [0, 0.1) is 5.41 Å². The Balaban J connectivity index is 3.02. The lowest BCUT2D eigenvalue weighted by Crippen LogP contribution is -2.41. The summed E-state index contributed by atoms with van der Waals surface area (Å²) in [5.74, 6) is -1.20. The first-order valence-electron chi connectivity index (χ1n) is 4.98. The van der Waals surface area contributed by atoms with Crippen molar-refractivity contribution in [2.24, 2.45) is 5.73 Å². The quantitative estimate of drug-likeness (QED) is 0.420. The Labute approximate surface area is 98.8 Å². The van der Waals surface area contributed by atoms with Gasteiger partial charge in [-0.2, -0.15) is 0 Å². The largest absolute Gasteiger partial charge is 0.480 e. The summed E-state index contributed by atoms with van der Waals surface area (Å²) in [6, 6.07) is 5.62.